The molecule has 3 aromatic heterocycles. The Morgan fingerprint density at radius 3 is 2.88 bits per heavy atom. The highest BCUT2D eigenvalue weighted by Gasteiger charge is 2.49. The summed E-state index contributed by atoms with van der Waals surface area (Å²) in [5.41, 5.74) is -0.332. The normalized spacial score (nSPS) is 19.3. The van der Waals surface area contributed by atoms with Crippen LogP contribution >= 0.6 is 0 Å². The van der Waals surface area contributed by atoms with Gasteiger partial charge in [0.15, 0.2) is 5.82 Å². The maximum Gasteiger partial charge on any atom is 0.325 e. The number of H-pyrrole nitrogens is 2. The van der Waals surface area contributed by atoms with Crippen LogP contribution in [0, 0.1) is 0 Å². The Hall–Kier alpha value is -3.08. The number of nitrogens with one attached hydrogen (secondary N) is 2. The predicted molar refractivity (Wildman–Crippen MR) is 87.6 cm³/mol. The lowest BCUT2D eigenvalue weighted by Crippen LogP contribution is -2.33. The van der Waals surface area contributed by atoms with Gasteiger partial charge in [-0.3, -0.25) is 9.78 Å². The van der Waals surface area contributed by atoms with Crippen molar-refractivity contribution in [2.24, 2.45) is 0 Å². The van der Waals surface area contributed by atoms with E-state index in [2.05, 4.69) is 20.1 Å². The number of ether oxygens (including phenoxy) is 1. The largest absolute Gasteiger partial charge is 0.373 e. The minimum absolute atomic E-state index is 0.0179. The van der Waals surface area contributed by atoms with Crippen LogP contribution in [0.3, 0.4) is 0 Å². The van der Waals surface area contributed by atoms with E-state index < -0.39 is 29.8 Å². The minimum Gasteiger partial charge on any atom is -0.373 e. The summed E-state index contributed by atoms with van der Waals surface area (Å²) in [6.07, 6.45) is 3.01. The molecule has 2 N–H and O–H groups in total. The van der Waals surface area contributed by atoms with Gasteiger partial charge < -0.3 is 14.6 Å². The number of alkyl halides is 2. The van der Waals surface area contributed by atoms with Crippen LogP contribution in [0.4, 0.5) is 14.6 Å². The number of fused-ring (bicyclic) bond motifs is 1. The quantitative estimate of drug-likeness (QED) is 0.689. The van der Waals surface area contributed by atoms with E-state index >= 15 is 0 Å². The van der Waals surface area contributed by atoms with Crippen LogP contribution in [0.1, 0.15) is 0 Å². The Morgan fingerprint density at radius 1 is 1.38 bits per heavy atom. The van der Waals surface area contributed by atoms with Crippen molar-refractivity contribution in [2.45, 2.75) is 12.0 Å². The van der Waals surface area contributed by atoms with Crippen LogP contribution < -0.4 is 16.1 Å². The minimum atomic E-state index is -3.00. The zero-order valence-electron chi connectivity index (χ0n) is 13.6. The molecule has 9 nitrogen and oxygen atoms in total. The molecule has 0 amide bonds. The molecule has 11 heteroatoms. The van der Waals surface area contributed by atoms with E-state index in [4.69, 9.17) is 4.74 Å². The second-order valence-electron chi connectivity index (χ2n) is 5.96. The molecule has 0 radical (unpaired) electrons. The summed E-state index contributed by atoms with van der Waals surface area (Å²) >= 11 is 0. The average Bonchev–Trinajstić information content (AvgIpc) is 3.14. The number of hydrogen-bond acceptors (Lipinski definition) is 6. The molecule has 1 unspecified atom stereocenters. The molecule has 0 aromatic carbocycles. The van der Waals surface area contributed by atoms with Crippen molar-refractivity contribution < 1.29 is 13.5 Å². The summed E-state index contributed by atoms with van der Waals surface area (Å²) in [7, 11) is 1.25. The van der Waals surface area contributed by atoms with Gasteiger partial charge in [0.05, 0.1) is 18.7 Å². The molecular weight excluding hydrogens is 350 g/mol. The topological polar surface area (TPSA) is 108 Å². The fourth-order valence-corrected chi connectivity index (χ4v) is 3.05. The first-order valence-electron chi connectivity index (χ1n) is 7.71. The predicted octanol–water partition coefficient (Wildman–Crippen LogP) is 0.243. The summed E-state index contributed by atoms with van der Waals surface area (Å²) in [5.74, 6) is -2.69. The second kappa shape index (κ2) is 5.73. The molecule has 0 bridgehead atoms. The third-order valence-electron chi connectivity index (χ3n) is 4.31. The zero-order valence-corrected chi connectivity index (χ0v) is 13.6. The molecule has 26 heavy (non-hydrogen) atoms. The molecule has 4 rings (SSSR count). The summed E-state index contributed by atoms with van der Waals surface area (Å²) in [6.45, 7) is -0.548. The molecule has 1 atom stereocenters. The number of nitrogens with zero attached hydrogens (tertiary/aromatic N) is 4. The van der Waals surface area contributed by atoms with Gasteiger partial charge in [0.25, 0.3) is 11.5 Å². The van der Waals surface area contributed by atoms with E-state index in [1.165, 1.54) is 28.9 Å². The maximum absolute atomic E-state index is 14.0. The van der Waals surface area contributed by atoms with Gasteiger partial charge in [-0.2, -0.15) is 5.10 Å². The summed E-state index contributed by atoms with van der Waals surface area (Å²) in [4.78, 5) is 33.2. The third-order valence-corrected chi connectivity index (χ3v) is 4.31. The van der Waals surface area contributed by atoms with Crippen LogP contribution in [0.15, 0.2) is 34.2 Å². The number of rotatable bonds is 3. The van der Waals surface area contributed by atoms with Crippen LogP contribution in [0.2, 0.25) is 0 Å². The first-order valence-corrected chi connectivity index (χ1v) is 7.71. The van der Waals surface area contributed by atoms with E-state index in [1.54, 1.807) is 12.3 Å². The lowest BCUT2D eigenvalue weighted by Gasteiger charge is -2.16. The highest BCUT2D eigenvalue weighted by atomic mass is 19.3. The van der Waals surface area contributed by atoms with E-state index in [0.29, 0.717) is 11.3 Å². The van der Waals surface area contributed by atoms with Crippen molar-refractivity contribution in [1.29, 1.82) is 0 Å². The monoisotopic (exact) mass is 364 g/mol. The van der Waals surface area contributed by atoms with Gasteiger partial charge in [0.1, 0.15) is 17.3 Å². The molecule has 0 spiro atoms. The van der Waals surface area contributed by atoms with Gasteiger partial charge in [-0.05, 0) is 6.07 Å². The van der Waals surface area contributed by atoms with Crippen molar-refractivity contribution in [2.75, 3.05) is 25.1 Å². The van der Waals surface area contributed by atoms with Crippen molar-refractivity contribution in [3.8, 4) is 11.3 Å². The Balaban J connectivity index is 1.80. The number of hydrogen-bond donors (Lipinski definition) is 2. The fraction of sp³-hybridized carbons (Fsp3) is 0.333. The van der Waals surface area contributed by atoms with Gasteiger partial charge in [-0.15, -0.1) is 0 Å². The summed E-state index contributed by atoms with van der Waals surface area (Å²) < 4.78 is 34.3. The van der Waals surface area contributed by atoms with Crippen molar-refractivity contribution in [1.82, 2.24) is 24.6 Å². The highest BCUT2D eigenvalue weighted by Crippen LogP contribution is 2.34. The average molecular weight is 364 g/mol. The first kappa shape index (κ1) is 16.4. The van der Waals surface area contributed by atoms with Crippen molar-refractivity contribution in [3.63, 3.8) is 0 Å². The van der Waals surface area contributed by atoms with E-state index in [1.807, 2.05) is 0 Å². The number of anilines is 1. The molecule has 1 saturated heterocycles. The van der Waals surface area contributed by atoms with Crippen LogP contribution in [-0.4, -0.2) is 56.8 Å². The Labute approximate surface area is 144 Å². The number of aromatic amines is 2. The molecule has 0 saturated carbocycles. The molecule has 136 valence electrons. The second-order valence-corrected chi connectivity index (χ2v) is 5.96. The highest BCUT2D eigenvalue weighted by molar-refractivity contribution is 5.75. The number of aromatic nitrogens is 5. The van der Waals surface area contributed by atoms with E-state index in [0.717, 1.165) is 0 Å². The van der Waals surface area contributed by atoms with Gasteiger partial charge >= 0.3 is 5.69 Å². The van der Waals surface area contributed by atoms with E-state index in [-0.39, 0.29) is 17.8 Å². The Morgan fingerprint density at radius 2 is 2.19 bits per heavy atom. The first-order chi connectivity index (χ1) is 12.4. The van der Waals surface area contributed by atoms with Gasteiger partial charge in [-0.1, -0.05) is 0 Å². The van der Waals surface area contributed by atoms with Crippen molar-refractivity contribution in [3.05, 3.63) is 45.5 Å². The number of halogens is 2. The van der Waals surface area contributed by atoms with Crippen molar-refractivity contribution >= 4 is 11.3 Å². The standard InChI is InChI=1S/C15H14F2N6O3/c1-26-11-6-22(7-15(11,16)17)12-10-4-9(21-23(10)3-2-18-12)8-5-19-14(25)20-13(8)24/h2-5,11H,6-7H2,1H3,(H2,19,20,24,25). The summed E-state index contributed by atoms with van der Waals surface area (Å²) in [5, 5.41) is 4.27. The molecule has 1 aliphatic heterocycles. The van der Waals surface area contributed by atoms with Crippen LogP contribution in [0.5, 0.6) is 0 Å². The lowest BCUT2D eigenvalue weighted by atomic mass is 10.2. The Kier molecular flexibility index (Phi) is 3.61. The lowest BCUT2D eigenvalue weighted by molar-refractivity contribution is -0.0889. The Bertz CT molecular complexity index is 1090. The summed E-state index contributed by atoms with van der Waals surface area (Å²) in [6, 6.07) is 1.56. The fourth-order valence-electron chi connectivity index (χ4n) is 3.05. The number of methoxy groups -OCH3 is 1. The molecule has 1 fully saturated rings. The van der Waals surface area contributed by atoms with E-state index in [9.17, 15) is 18.4 Å². The molecular formula is C15H14F2N6O3. The van der Waals surface area contributed by atoms with Gasteiger partial charge in [0.2, 0.25) is 0 Å². The van der Waals surface area contributed by atoms with Crippen LogP contribution in [0.25, 0.3) is 16.8 Å². The van der Waals surface area contributed by atoms with Crippen LogP contribution in [-0.2, 0) is 4.74 Å². The molecule has 0 aliphatic carbocycles. The molecule has 4 heterocycles. The third kappa shape index (κ3) is 2.56. The van der Waals surface area contributed by atoms with Gasteiger partial charge in [0, 0.05) is 25.7 Å². The molecule has 3 aromatic rings. The maximum atomic E-state index is 14.0. The zero-order chi connectivity index (χ0) is 18.5. The molecule has 1 aliphatic rings. The smallest absolute Gasteiger partial charge is 0.325 e. The van der Waals surface area contributed by atoms with Gasteiger partial charge in [-0.25, -0.2) is 23.1 Å². The SMILES string of the molecule is COC1CN(c2nccn3nc(-c4c[nH]c(=O)[nH]c4=O)cc23)CC1(F)F.